The van der Waals surface area contributed by atoms with E-state index in [1.165, 1.54) is 6.08 Å². The number of hydrogen-bond donors (Lipinski definition) is 0. The van der Waals surface area contributed by atoms with Crippen LogP contribution in [0.25, 0.3) is 0 Å². The third-order valence-corrected chi connectivity index (χ3v) is 1.62. The lowest BCUT2D eigenvalue weighted by atomic mass is 10.3. The third-order valence-electron chi connectivity index (χ3n) is 1.22. The van der Waals surface area contributed by atoms with Gasteiger partial charge in [0.15, 0.2) is 0 Å². The lowest BCUT2D eigenvalue weighted by molar-refractivity contribution is -0.220. The third kappa shape index (κ3) is 8.57. The van der Waals surface area contributed by atoms with Gasteiger partial charge in [-0.05, 0) is 25.1 Å². The summed E-state index contributed by atoms with van der Waals surface area (Å²) in [7, 11) is -3.09. The topological polar surface area (TPSA) is 66.4 Å². The summed E-state index contributed by atoms with van der Waals surface area (Å²) in [5.74, 6) is 0.362. The van der Waals surface area contributed by atoms with Crippen molar-refractivity contribution in [3.63, 3.8) is 0 Å². The summed E-state index contributed by atoms with van der Waals surface area (Å²) in [6.45, 7) is 1.80. The molecule has 0 amide bonds. The molecule has 0 saturated carbocycles. The molecule has 1 aromatic rings. The van der Waals surface area contributed by atoms with E-state index in [9.17, 15) is 14.1 Å². The van der Waals surface area contributed by atoms with Crippen LogP contribution < -0.4 is 9.22 Å². The fraction of sp³-hybridized carbons (Fsp3) is 0.100. The molecule has 0 radical (unpaired) electrons. The van der Waals surface area contributed by atoms with Crippen LogP contribution in [-0.4, -0.2) is 15.5 Å². The Hall–Kier alpha value is -1.75. The van der Waals surface area contributed by atoms with Crippen LogP contribution in [0.15, 0.2) is 42.5 Å². The molecule has 5 heteroatoms. The van der Waals surface area contributed by atoms with Crippen molar-refractivity contribution in [1.82, 2.24) is 0 Å². The van der Waals surface area contributed by atoms with E-state index in [0.717, 1.165) is 6.29 Å². The minimum atomic E-state index is -3.09. The molecule has 0 aromatic heterocycles. The van der Waals surface area contributed by atoms with Crippen molar-refractivity contribution in [3.05, 3.63) is 42.5 Å². The first-order chi connectivity index (χ1) is 7.20. The van der Waals surface area contributed by atoms with Gasteiger partial charge in [0.1, 0.15) is 6.29 Å². The molecule has 0 atom stereocenters. The molecule has 0 unspecified atom stereocenters. The van der Waals surface area contributed by atoms with E-state index in [4.69, 9.17) is 0 Å². The van der Waals surface area contributed by atoms with E-state index >= 15 is 0 Å². The normalized spacial score (nSPS) is 8.87. The Bertz CT molecular complexity index is 321. The highest BCUT2D eigenvalue weighted by atomic mass is 28.3. The van der Waals surface area contributed by atoms with Crippen LogP contribution >= 0.6 is 0 Å². The zero-order valence-corrected chi connectivity index (χ0v) is 9.25. The Labute approximate surface area is 89.7 Å². The average Bonchev–Trinajstić information content (AvgIpc) is 2.20. The minimum absolute atomic E-state index is 0.362. The van der Waals surface area contributed by atoms with Gasteiger partial charge < -0.3 is 13.7 Å². The average molecular weight is 223 g/mol. The fourth-order valence-electron chi connectivity index (χ4n) is 0.663. The molecule has 1 rings (SSSR count). The van der Waals surface area contributed by atoms with Gasteiger partial charge in [-0.3, -0.25) is 4.79 Å². The van der Waals surface area contributed by atoms with E-state index in [0.29, 0.717) is 5.75 Å². The molecular weight excluding hydrogens is 212 g/mol. The minimum Gasteiger partial charge on any atom is -0.554 e. The molecule has 0 spiro atoms. The molecule has 1 aromatic carbocycles. The zero-order valence-electron chi connectivity index (χ0n) is 8.25. The summed E-state index contributed by atoms with van der Waals surface area (Å²) >= 11 is 0. The van der Waals surface area contributed by atoms with Gasteiger partial charge in [0.25, 0.3) is 0 Å². The van der Waals surface area contributed by atoms with E-state index in [1.807, 2.05) is 0 Å². The summed E-state index contributed by atoms with van der Waals surface area (Å²) < 4.78 is 14.4. The second kappa shape index (κ2) is 8.83. The van der Waals surface area contributed by atoms with Crippen LogP contribution in [0.2, 0.25) is 0 Å². The van der Waals surface area contributed by atoms with Crippen LogP contribution in [0.5, 0.6) is 5.75 Å². The SMILES string of the molecule is C/C=C/C=O.O=[Si]([O-])Oc1ccccc1. The Balaban J connectivity index is 0.000000336. The van der Waals surface area contributed by atoms with Gasteiger partial charge in [-0.1, -0.05) is 24.3 Å². The van der Waals surface area contributed by atoms with Gasteiger partial charge in [-0.2, -0.15) is 0 Å². The first-order valence-electron chi connectivity index (χ1n) is 4.21. The monoisotopic (exact) mass is 223 g/mol. The van der Waals surface area contributed by atoms with E-state index in [1.54, 1.807) is 43.3 Å². The Kier molecular flexibility index (Phi) is 7.80. The highest BCUT2D eigenvalue weighted by Gasteiger charge is 1.87. The molecule has 0 fully saturated rings. The van der Waals surface area contributed by atoms with Crippen molar-refractivity contribution in [1.29, 1.82) is 0 Å². The van der Waals surface area contributed by atoms with Crippen molar-refractivity contribution >= 4 is 15.5 Å². The molecule has 15 heavy (non-hydrogen) atoms. The van der Waals surface area contributed by atoms with Crippen LogP contribution in [-0.2, 0) is 9.26 Å². The molecule has 4 nitrogen and oxygen atoms in total. The highest BCUT2D eigenvalue weighted by molar-refractivity contribution is 6.23. The lowest BCUT2D eigenvalue weighted by Gasteiger charge is -2.05. The van der Waals surface area contributed by atoms with Crippen molar-refractivity contribution in [2.24, 2.45) is 0 Å². The summed E-state index contributed by atoms with van der Waals surface area (Å²) in [5.41, 5.74) is 0. The number of hydrogen-bond acceptors (Lipinski definition) is 4. The zero-order chi connectivity index (χ0) is 11.5. The molecule has 0 aliphatic heterocycles. The molecular formula is C10H11O4Si-. The molecule has 0 saturated heterocycles. The predicted octanol–water partition coefficient (Wildman–Crippen LogP) is 0.602. The molecule has 0 bridgehead atoms. The van der Waals surface area contributed by atoms with Crippen molar-refractivity contribution in [2.45, 2.75) is 6.92 Å². The first-order valence-corrected chi connectivity index (χ1v) is 5.43. The summed E-state index contributed by atoms with van der Waals surface area (Å²) in [4.78, 5) is 19.3. The van der Waals surface area contributed by atoms with Crippen molar-refractivity contribution in [2.75, 3.05) is 0 Å². The summed E-state index contributed by atoms with van der Waals surface area (Å²) in [6.07, 6.45) is 3.88. The Morgan fingerprint density at radius 2 is 1.93 bits per heavy atom. The van der Waals surface area contributed by atoms with Gasteiger partial charge >= 0.3 is 9.17 Å². The van der Waals surface area contributed by atoms with Gasteiger partial charge in [0.2, 0.25) is 0 Å². The summed E-state index contributed by atoms with van der Waals surface area (Å²) in [6, 6.07) is 8.37. The maximum Gasteiger partial charge on any atom is 0.418 e. The Morgan fingerprint density at radius 3 is 2.27 bits per heavy atom. The van der Waals surface area contributed by atoms with E-state index in [2.05, 4.69) is 4.43 Å². The quantitative estimate of drug-likeness (QED) is 0.427. The molecule has 80 valence electrons. The number of allylic oxidation sites excluding steroid dienone is 2. The standard InChI is InChI=1S/C6H5O3Si.C4H6O/c7-10(8)9-6-4-2-1-3-5-6;1-2-3-4-5/h1-5H;2-4H,1H3/q-1;/b;3-2+. The molecule has 0 aliphatic carbocycles. The van der Waals surface area contributed by atoms with Crippen LogP contribution in [0.1, 0.15) is 6.92 Å². The fourth-order valence-corrected chi connectivity index (χ4v) is 0.992. The number of benzene rings is 1. The number of carbonyl (C=O) groups is 1. The van der Waals surface area contributed by atoms with Gasteiger partial charge in [-0.15, -0.1) is 0 Å². The highest BCUT2D eigenvalue weighted by Crippen LogP contribution is 2.06. The van der Waals surface area contributed by atoms with Crippen molar-refractivity contribution in [3.8, 4) is 5.75 Å². The Morgan fingerprint density at radius 1 is 1.33 bits per heavy atom. The van der Waals surface area contributed by atoms with Gasteiger partial charge in [0, 0.05) is 5.75 Å². The molecule has 0 aliphatic rings. The maximum absolute atomic E-state index is 10.0. The van der Waals surface area contributed by atoms with Crippen LogP contribution in [0, 0.1) is 0 Å². The van der Waals surface area contributed by atoms with Crippen molar-refractivity contribution < 1.29 is 18.5 Å². The second-order valence-corrected chi connectivity index (χ2v) is 3.03. The van der Waals surface area contributed by atoms with Crippen LogP contribution in [0.4, 0.5) is 0 Å². The number of rotatable bonds is 3. The van der Waals surface area contributed by atoms with Crippen LogP contribution in [0.3, 0.4) is 0 Å². The second-order valence-electron chi connectivity index (χ2n) is 2.33. The smallest absolute Gasteiger partial charge is 0.418 e. The molecule has 0 N–H and O–H groups in total. The van der Waals surface area contributed by atoms with E-state index in [-0.39, 0.29) is 0 Å². The van der Waals surface area contributed by atoms with E-state index < -0.39 is 9.17 Å². The maximum atomic E-state index is 10.0. The number of carbonyl (C=O) groups excluding carboxylic acids is 1. The summed E-state index contributed by atoms with van der Waals surface area (Å²) in [5, 5.41) is 0. The predicted molar refractivity (Wildman–Crippen MR) is 54.4 cm³/mol. The van der Waals surface area contributed by atoms with Gasteiger partial charge in [-0.25, -0.2) is 0 Å². The lowest BCUT2D eigenvalue weighted by Crippen LogP contribution is -2.26. The number of aldehydes is 1. The number of para-hydroxylation sites is 1. The van der Waals surface area contributed by atoms with Gasteiger partial charge in [0.05, 0.1) is 0 Å². The molecule has 0 heterocycles. The largest absolute Gasteiger partial charge is 0.554 e. The first kappa shape index (κ1) is 13.2.